The largest absolute Gasteiger partial charge is 0.398 e. The van der Waals surface area contributed by atoms with Gasteiger partial charge in [0.15, 0.2) is 0 Å². The summed E-state index contributed by atoms with van der Waals surface area (Å²) in [6.45, 7) is 0. The van der Waals surface area contributed by atoms with Crippen molar-refractivity contribution in [2.45, 2.75) is 0 Å². The Morgan fingerprint density at radius 2 is 1.44 bits per heavy atom. The second kappa shape index (κ2) is 4.10. The van der Waals surface area contributed by atoms with Crippen LogP contribution < -0.4 is 5.73 Å². The van der Waals surface area contributed by atoms with Crippen molar-refractivity contribution in [3.05, 3.63) is 53.1 Å². The molecule has 0 saturated heterocycles. The normalized spacial score (nSPS) is 10.4. The molecular formula is C12H8ClF2N. The highest BCUT2D eigenvalue weighted by molar-refractivity contribution is 6.33. The fourth-order valence-electron chi connectivity index (χ4n) is 1.49. The molecule has 2 aromatic rings. The molecule has 0 heterocycles. The van der Waals surface area contributed by atoms with Crippen LogP contribution in [0.4, 0.5) is 14.5 Å². The number of rotatable bonds is 1. The van der Waals surface area contributed by atoms with Crippen LogP contribution in [-0.2, 0) is 0 Å². The van der Waals surface area contributed by atoms with Crippen LogP contribution in [0.5, 0.6) is 0 Å². The Morgan fingerprint density at radius 3 is 2.00 bits per heavy atom. The summed E-state index contributed by atoms with van der Waals surface area (Å²) in [7, 11) is 0. The first-order chi connectivity index (χ1) is 7.58. The van der Waals surface area contributed by atoms with Crippen molar-refractivity contribution >= 4 is 17.3 Å². The molecule has 4 heteroatoms. The molecule has 0 aliphatic rings. The van der Waals surface area contributed by atoms with E-state index < -0.39 is 11.6 Å². The number of hydrogen-bond donors (Lipinski definition) is 1. The number of nitrogens with two attached hydrogens (primary N) is 1. The molecule has 0 atom stereocenters. The molecule has 82 valence electrons. The Bertz CT molecular complexity index is 491. The number of halogens is 3. The lowest BCUT2D eigenvalue weighted by atomic mass is 10.0. The highest BCUT2D eigenvalue weighted by Gasteiger charge is 2.08. The maximum Gasteiger partial charge on any atom is 0.125 e. The van der Waals surface area contributed by atoms with Gasteiger partial charge in [-0.15, -0.1) is 0 Å². The zero-order valence-electron chi connectivity index (χ0n) is 8.18. The molecule has 0 bridgehead atoms. The van der Waals surface area contributed by atoms with Crippen LogP contribution in [-0.4, -0.2) is 0 Å². The van der Waals surface area contributed by atoms with Crippen molar-refractivity contribution < 1.29 is 8.78 Å². The van der Waals surface area contributed by atoms with Crippen molar-refractivity contribution in [3.8, 4) is 11.1 Å². The van der Waals surface area contributed by atoms with Gasteiger partial charge in [0.1, 0.15) is 11.6 Å². The third-order valence-electron chi connectivity index (χ3n) is 2.23. The minimum absolute atomic E-state index is 0.248. The molecular weight excluding hydrogens is 232 g/mol. The van der Waals surface area contributed by atoms with Crippen molar-refractivity contribution in [1.29, 1.82) is 0 Å². The van der Waals surface area contributed by atoms with Crippen LogP contribution in [0.1, 0.15) is 0 Å². The van der Waals surface area contributed by atoms with Crippen LogP contribution in [0.25, 0.3) is 11.1 Å². The van der Waals surface area contributed by atoms with E-state index in [2.05, 4.69) is 0 Å². The predicted octanol–water partition coefficient (Wildman–Crippen LogP) is 3.87. The van der Waals surface area contributed by atoms with Gasteiger partial charge in [-0.25, -0.2) is 8.78 Å². The molecule has 2 aromatic carbocycles. The SMILES string of the molecule is Nc1cc(F)ccc1-c1ccc(F)cc1Cl. The average Bonchev–Trinajstić information content (AvgIpc) is 2.19. The van der Waals surface area contributed by atoms with Crippen molar-refractivity contribution in [2.75, 3.05) is 5.73 Å². The highest BCUT2D eigenvalue weighted by Crippen LogP contribution is 2.32. The van der Waals surface area contributed by atoms with Crippen molar-refractivity contribution in [1.82, 2.24) is 0 Å². The van der Waals surface area contributed by atoms with E-state index in [0.717, 1.165) is 0 Å². The van der Waals surface area contributed by atoms with E-state index in [-0.39, 0.29) is 10.7 Å². The van der Waals surface area contributed by atoms with E-state index >= 15 is 0 Å². The fourth-order valence-corrected chi connectivity index (χ4v) is 1.76. The number of anilines is 1. The zero-order chi connectivity index (χ0) is 11.7. The fraction of sp³-hybridized carbons (Fsp3) is 0. The lowest BCUT2D eigenvalue weighted by Crippen LogP contribution is -1.92. The van der Waals surface area contributed by atoms with E-state index in [9.17, 15) is 8.78 Å². The second-order valence-electron chi connectivity index (χ2n) is 3.36. The molecule has 0 saturated carbocycles. The molecule has 0 aromatic heterocycles. The smallest absolute Gasteiger partial charge is 0.125 e. The summed E-state index contributed by atoms with van der Waals surface area (Å²) in [6.07, 6.45) is 0. The molecule has 0 aliphatic carbocycles. The highest BCUT2D eigenvalue weighted by atomic mass is 35.5. The third kappa shape index (κ3) is 1.99. The summed E-state index contributed by atoms with van der Waals surface area (Å²) in [5.41, 5.74) is 7.11. The zero-order valence-corrected chi connectivity index (χ0v) is 8.93. The molecule has 1 nitrogen and oxygen atoms in total. The average molecular weight is 240 g/mol. The second-order valence-corrected chi connectivity index (χ2v) is 3.76. The van der Waals surface area contributed by atoms with Gasteiger partial charge in [-0.2, -0.15) is 0 Å². The van der Waals surface area contributed by atoms with Gasteiger partial charge in [0.25, 0.3) is 0 Å². The summed E-state index contributed by atoms with van der Waals surface area (Å²) in [5.74, 6) is -0.839. The van der Waals surface area contributed by atoms with Gasteiger partial charge in [-0.05, 0) is 36.4 Å². The summed E-state index contributed by atoms with van der Waals surface area (Å²) < 4.78 is 25.7. The van der Waals surface area contributed by atoms with Gasteiger partial charge in [0.05, 0.1) is 5.02 Å². The Balaban J connectivity index is 2.59. The van der Waals surface area contributed by atoms with Gasteiger partial charge < -0.3 is 5.73 Å². The summed E-state index contributed by atoms with van der Waals surface area (Å²) in [5, 5.41) is 0.248. The predicted molar refractivity (Wildman–Crippen MR) is 61.2 cm³/mol. The van der Waals surface area contributed by atoms with Gasteiger partial charge in [0, 0.05) is 16.8 Å². The first-order valence-corrected chi connectivity index (χ1v) is 4.96. The Hall–Kier alpha value is -1.61. The lowest BCUT2D eigenvalue weighted by molar-refractivity contribution is 0.627. The Labute approximate surface area is 96.5 Å². The van der Waals surface area contributed by atoms with E-state index in [1.807, 2.05) is 0 Å². The Morgan fingerprint density at radius 1 is 0.875 bits per heavy atom. The topological polar surface area (TPSA) is 26.0 Å². The van der Waals surface area contributed by atoms with Crippen molar-refractivity contribution in [3.63, 3.8) is 0 Å². The molecule has 2 rings (SSSR count). The summed E-state index contributed by atoms with van der Waals surface area (Å²) in [4.78, 5) is 0. The summed E-state index contributed by atoms with van der Waals surface area (Å²) >= 11 is 5.89. The van der Waals surface area contributed by atoms with Crippen LogP contribution in [0, 0.1) is 11.6 Å². The molecule has 0 radical (unpaired) electrons. The van der Waals surface area contributed by atoms with E-state index in [0.29, 0.717) is 11.1 Å². The third-order valence-corrected chi connectivity index (χ3v) is 2.55. The van der Waals surface area contributed by atoms with E-state index in [1.165, 1.54) is 36.4 Å². The molecule has 0 aliphatic heterocycles. The molecule has 0 fully saturated rings. The summed E-state index contributed by atoms with van der Waals surface area (Å²) in [6, 6.07) is 8.00. The van der Waals surface area contributed by atoms with Crippen molar-refractivity contribution in [2.24, 2.45) is 0 Å². The first kappa shape index (κ1) is 10.9. The van der Waals surface area contributed by atoms with Gasteiger partial charge in [-0.1, -0.05) is 11.6 Å². The standard InChI is InChI=1S/C12H8ClF2N/c13-11-5-7(14)1-3-9(11)10-4-2-8(15)6-12(10)16/h1-6H,16H2. The van der Waals surface area contributed by atoms with Gasteiger partial charge in [0.2, 0.25) is 0 Å². The van der Waals surface area contributed by atoms with Crippen LogP contribution >= 0.6 is 11.6 Å². The first-order valence-electron chi connectivity index (χ1n) is 4.58. The number of nitrogen functional groups attached to an aromatic ring is 1. The molecule has 2 N–H and O–H groups in total. The van der Waals surface area contributed by atoms with Gasteiger partial charge in [-0.3, -0.25) is 0 Å². The number of hydrogen-bond acceptors (Lipinski definition) is 1. The van der Waals surface area contributed by atoms with Crippen LogP contribution in [0.2, 0.25) is 5.02 Å². The Kier molecular flexibility index (Phi) is 2.79. The molecule has 16 heavy (non-hydrogen) atoms. The molecule has 0 spiro atoms. The number of benzene rings is 2. The minimum Gasteiger partial charge on any atom is -0.398 e. The van der Waals surface area contributed by atoms with E-state index in [1.54, 1.807) is 0 Å². The molecule has 0 amide bonds. The maximum atomic E-state index is 12.9. The maximum absolute atomic E-state index is 12.9. The molecule has 0 unspecified atom stereocenters. The monoisotopic (exact) mass is 239 g/mol. The van der Waals surface area contributed by atoms with Crippen LogP contribution in [0.15, 0.2) is 36.4 Å². The lowest BCUT2D eigenvalue weighted by Gasteiger charge is -2.07. The minimum atomic E-state index is -0.422. The van der Waals surface area contributed by atoms with Crippen LogP contribution in [0.3, 0.4) is 0 Å². The quantitative estimate of drug-likeness (QED) is 0.751. The van der Waals surface area contributed by atoms with Gasteiger partial charge >= 0.3 is 0 Å². The van der Waals surface area contributed by atoms with E-state index in [4.69, 9.17) is 17.3 Å².